The van der Waals surface area contributed by atoms with Gasteiger partial charge in [-0.3, -0.25) is 9.59 Å². The van der Waals surface area contributed by atoms with E-state index in [1.54, 1.807) is 36.4 Å². The average Bonchev–Trinajstić information content (AvgIpc) is 3.23. The molecule has 0 bridgehead atoms. The number of hydrogen-bond donors (Lipinski definition) is 2. The molecule has 1 heterocycles. The molecule has 3 aromatic carbocycles. The lowest BCUT2D eigenvalue weighted by atomic mass is 10.2. The second-order valence-electron chi connectivity index (χ2n) is 7.08. The van der Waals surface area contributed by atoms with E-state index in [0.717, 1.165) is 11.0 Å². The summed E-state index contributed by atoms with van der Waals surface area (Å²) in [6.07, 6.45) is 0. The minimum Gasteiger partial charge on any atom is -0.483 e. The molecule has 0 radical (unpaired) electrons. The van der Waals surface area contributed by atoms with Crippen LogP contribution in [0.2, 0.25) is 0 Å². The zero-order valence-electron chi connectivity index (χ0n) is 17.0. The predicted molar refractivity (Wildman–Crippen MR) is 119 cm³/mol. The van der Waals surface area contributed by atoms with Gasteiger partial charge in [-0.2, -0.15) is 0 Å². The van der Waals surface area contributed by atoms with Crippen molar-refractivity contribution in [2.75, 3.05) is 11.9 Å². The smallest absolute Gasteiger partial charge is 0.259 e. The Kier molecular flexibility index (Phi) is 5.98. The van der Waals surface area contributed by atoms with Crippen molar-refractivity contribution in [2.45, 2.75) is 13.0 Å². The Morgan fingerprint density at radius 3 is 2.45 bits per heavy atom. The Morgan fingerprint density at radius 2 is 1.65 bits per heavy atom. The highest BCUT2D eigenvalue weighted by Gasteiger charge is 2.17. The molecule has 2 N–H and O–H groups in total. The number of nitrogens with one attached hydrogen (secondary N) is 2. The number of rotatable bonds is 7. The first-order valence-corrected chi connectivity index (χ1v) is 9.96. The number of fused-ring (bicyclic) bond motifs is 1. The highest BCUT2D eigenvalue weighted by Crippen LogP contribution is 2.24. The number of anilines is 1. The van der Waals surface area contributed by atoms with Crippen molar-refractivity contribution in [1.82, 2.24) is 5.32 Å². The summed E-state index contributed by atoms with van der Waals surface area (Å²) in [5.41, 5.74) is 1.80. The average molecular weight is 414 g/mol. The first-order chi connectivity index (χ1) is 15.1. The van der Waals surface area contributed by atoms with Crippen molar-refractivity contribution < 1.29 is 18.7 Å². The lowest BCUT2D eigenvalue weighted by molar-refractivity contribution is -0.123. The Balaban J connectivity index is 1.37. The van der Waals surface area contributed by atoms with E-state index in [4.69, 9.17) is 9.15 Å². The molecule has 0 spiro atoms. The van der Waals surface area contributed by atoms with E-state index < -0.39 is 0 Å². The van der Waals surface area contributed by atoms with Gasteiger partial charge in [0, 0.05) is 11.1 Å². The number of benzene rings is 3. The summed E-state index contributed by atoms with van der Waals surface area (Å²) in [4.78, 5) is 25.0. The number of hydrogen-bond acceptors (Lipinski definition) is 4. The third kappa shape index (κ3) is 4.93. The molecule has 0 aliphatic carbocycles. The molecule has 6 nitrogen and oxygen atoms in total. The number of ether oxygens (including phenoxy) is 1. The van der Waals surface area contributed by atoms with Crippen molar-refractivity contribution in [3.63, 3.8) is 0 Å². The Labute approximate surface area is 179 Å². The van der Waals surface area contributed by atoms with Gasteiger partial charge in [0.15, 0.2) is 6.61 Å². The fraction of sp³-hybridized carbons (Fsp3) is 0.120. The molecule has 4 aromatic rings. The Hall–Kier alpha value is -4.06. The lowest BCUT2D eigenvalue weighted by Crippen LogP contribution is -2.31. The maximum Gasteiger partial charge on any atom is 0.259 e. The number of amides is 2. The molecule has 1 atom stereocenters. The van der Waals surface area contributed by atoms with Crippen LogP contribution in [0.1, 0.15) is 29.1 Å². The van der Waals surface area contributed by atoms with Crippen molar-refractivity contribution in [2.24, 2.45) is 0 Å². The van der Waals surface area contributed by atoms with Crippen molar-refractivity contribution >= 4 is 28.5 Å². The van der Waals surface area contributed by atoms with Crippen LogP contribution in [0.4, 0.5) is 5.69 Å². The molecule has 2 amide bonds. The van der Waals surface area contributed by atoms with E-state index in [2.05, 4.69) is 10.6 Å². The van der Waals surface area contributed by atoms with Gasteiger partial charge in [0.05, 0.1) is 11.6 Å². The van der Waals surface area contributed by atoms with Gasteiger partial charge in [0.2, 0.25) is 0 Å². The summed E-state index contributed by atoms with van der Waals surface area (Å²) in [6, 6.07) is 25.2. The van der Waals surface area contributed by atoms with E-state index in [0.29, 0.717) is 22.8 Å². The van der Waals surface area contributed by atoms with Gasteiger partial charge in [-0.05, 0) is 43.3 Å². The number of para-hydroxylation sites is 3. The van der Waals surface area contributed by atoms with Crippen LogP contribution in [0.5, 0.6) is 5.75 Å². The maximum atomic E-state index is 12.6. The van der Waals surface area contributed by atoms with Crippen LogP contribution in [0.3, 0.4) is 0 Å². The molecular formula is C25H22N2O4. The summed E-state index contributed by atoms with van der Waals surface area (Å²) < 4.78 is 11.4. The summed E-state index contributed by atoms with van der Waals surface area (Å²) in [5.74, 6) is 0.378. The highest BCUT2D eigenvalue weighted by molar-refractivity contribution is 6.06. The topological polar surface area (TPSA) is 80.6 Å². The molecule has 0 saturated heterocycles. The quantitative estimate of drug-likeness (QED) is 0.449. The molecule has 156 valence electrons. The normalized spacial score (nSPS) is 11.6. The van der Waals surface area contributed by atoms with E-state index >= 15 is 0 Å². The van der Waals surface area contributed by atoms with Gasteiger partial charge in [0.1, 0.15) is 17.1 Å². The summed E-state index contributed by atoms with van der Waals surface area (Å²) in [5, 5.41) is 6.66. The molecule has 0 fully saturated rings. The first-order valence-electron chi connectivity index (χ1n) is 9.96. The number of carbonyl (C=O) groups is 2. The molecule has 1 aromatic heterocycles. The standard InChI is InChI=1S/C25H22N2O4/c1-17(23-15-18-9-5-7-13-21(18)31-23)26-24(28)16-30-22-14-8-6-12-20(22)25(29)27-19-10-3-2-4-11-19/h2-15,17H,16H2,1H3,(H,26,28)(H,27,29). The van der Waals surface area contributed by atoms with Crippen LogP contribution in [-0.2, 0) is 4.79 Å². The van der Waals surface area contributed by atoms with Gasteiger partial charge >= 0.3 is 0 Å². The first kappa shape index (κ1) is 20.2. The zero-order valence-corrected chi connectivity index (χ0v) is 17.0. The van der Waals surface area contributed by atoms with Gasteiger partial charge in [0.25, 0.3) is 11.8 Å². The summed E-state index contributed by atoms with van der Waals surface area (Å²) >= 11 is 0. The maximum absolute atomic E-state index is 12.6. The van der Waals surface area contributed by atoms with E-state index in [1.165, 1.54) is 0 Å². The van der Waals surface area contributed by atoms with E-state index in [1.807, 2.05) is 55.5 Å². The zero-order chi connectivity index (χ0) is 21.6. The second-order valence-corrected chi connectivity index (χ2v) is 7.08. The van der Waals surface area contributed by atoms with Crippen LogP contribution in [0.25, 0.3) is 11.0 Å². The third-order valence-electron chi connectivity index (χ3n) is 4.77. The summed E-state index contributed by atoms with van der Waals surface area (Å²) in [6.45, 7) is 1.62. The molecule has 1 unspecified atom stereocenters. The van der Waals surface area contributed by atoms with E-state index in [9.17, 15) is 9.59 Å². The minimum absolute atomic E-state index is 0.222. The Morgan fingerprint density at radius 1 is 0.935 bits per heavy atom. The highest BCUT2D eigenvalue weighted by atomic mass is 16.5. The molecule has 6 heteroatoms. The van der Waals surface area contributed by atoms with Gasteiger partial charge in [-0.1, -0.05) is 48.5 Å². The van der Waals surface area contributed by atoms with Crippen molar-refractivity contribution in [3.05, 3.63) is 96.3 Å². The lowest BCUT2D eigenvalue weighted by Gasteiger charge is -2.14. The molecular weight excluding hydrogens is 392 g/mol. The number of carbonyl (C=O) groups excluding carboxylic acids is 2. The van der Waals surface area contributed by atoms with E-state index in [-0.39, 0.29) is 24.5 Å². The Bertz CT molecular complexity index is 1170. The molecule has 0 saturated carbocycles. The molecule has 0 aliphatic rings. The van der Waals surface area contributed by atoms with Crippen LogP contribution in [-0.4, -0.2) is 18.4 Å². The number of furan rings is 1. The van der Waals surface area contributed by atoms with Crippen molar-refractivity contribution in [1.29, 1.82) is 0 Å². The fourth-order valence-electron chi connectivity index (χ4n) is 3.21. The van der Waals surface area contributed by atoms with Crippen LogP contribution >= 0.6 is 0 Å². The fourth-order valence-corrected chi connectivity index (χ4v) is 3.21. The van der Waals surface area contributed by atoms with Crippen LogP contribution < -0.4 is 15.4 Å². The van der Waals surface area contributed by atoms with Gasteiger partial charge < -0.3 is 19.8 Å². The van der Waals surface area contributed by atoms with Crippen molar-refractivity contribution in [3.8, 4) is 5.75 Å². The molecule has 0 aliphatic heterocycles. The van der Waals surface area contributed by atoms with Crippen LogP contribution in [0, 0.1) is 0 Å². The second kappa shape index (κ2) is 9.17. The van der Waals surface area contributed by atoms with Gasteiger partial charge in [-0.25, -0.2) is 0 Å². The largest absolute Gasteiger partial charge is 0.483 e. The molecule has 31 heavy (non-hydrogen) atoms. The third-order valence-corrected chi connectivity index (χ3v) is 4.77. The van der Waals surface area contributed by atoms with Gasteiger partial charge in [-0.15, -0.1) is 0 Å². The molecule has 4 rings (SSSR count). The SMILES string of the molecule is CC(NC(=O)COc1ccccc1C(=O)Nc1ccccc1)c1cc2ccccc2o1. The predicted octanol–water partition coefficient (Wildman–Crippen LogP) is 4.94. The summed E-state index contributed by atoms with van der Waals surface area (Å²) in [7, 11) is 0. The monoisotopic (exact) mass is 414 g/mol. The van der Waals surface area contributed by atoms with Crippen LogP contribution in [0.15, 0.2) is 89.3 Å². The minimum atomic E-state index is -0.319.